The Morgan fingerprint density at radius 1 is 1.69 bits per heavy atom. The van der Waals surface area contributed by atoms with Gasteiger partial charge in [0.05, 0.1) is 0 Å². The Hall–Kier alpha value is -0.650. The highest BCUT2D eigenvalue weighted by Gasteiger charge is 2.40. The summed E-state index contributed by atoms with van der Waals surface area (Å²) in [6.07, 6.45) is 0. The molecule has 1 heterocycles. The van der Waals surface area contributed by atoms with E-state index in [-0.39, 0.29) is 5.91 Å². The van der Waals surface area contributed by atoms with E-state index in [1.807, 2.05) is 0 Å². The first-order valence-corrected chi connectivity index (χ1v) is 4.45. The highest BCUT2D eigenvalue weighted by atomic mass is 16.3. The standard InChI is InChI=1S/C8H17N3O2/c1-7(12)10-4-8(13)5-11(6-8)3-2-9/h13H,2-6,9H2,1H3,(H,10,12). The average Bonchev–Trinajstić information content (AvgIpc) is 1.99. The van der Waals surface area contributed by atoms with Crippen LogP contribution in [0.4, 0.5) is 0 Å². The summed E-state index contributed by atoms with van der Waals surface area (Å²) >= 11 is 0. The minimum Gasteiger partial charge on any atom is -0.385 e. The van der Waals surface area contributed by atoms with Crippen LogP contribution in [0.25, 0.3) is 0 Å². The maximum absolute atomic E-state index is 10.6. The number of likely N-dealkylation sites (tertiary alicyclic amines) is 1. The summed E-state index contributed by atoms with van der Waals surface area (Å²) in [7, 11) is 0. The van der Waals surface area contributed by atoms with E-state index in [4.69, 9.17) is 5.73 Å². The van der Waals surface area contributed by atoms with Crippen LogP contribution in [-0.2, 0) is 4.79 Å². The van der Waals surface area contributed by atoms with Gasteiger partial charge in [-0.15, -0.1) is 0 Å². The summed E-state index contributed by atoms with van der Waals surface area (Å²) in [5.74, 6) is -0.106. The highest BCUT2D eigenvalue weighted by Crippen LogP contribution is 2.18. The Labute approximate surface area is 77.9 Å². The predicted molar refractivity (Wildman–Crippen MR) is 49.1 cm³/mol. The molecule has 5 nitrogen and oxygen atoms in total. The van der Waals surface area contributed by atoms with Crippen molar-refractivity contribution in [2.45, 2.75) is 12.5 Å². The average molecular weight is 187 g/mol. The van der Waals surface area contributed by atoms with Gasteiger partial charge in [0.2, 0.25) is 5.91 Å². The minimum atomic E-state index is -0.735. The van der Waals surface area contributed by atoms with Gasteiger partial charge in [0.15, 0.2) is 0 Å². The first-order valence-electron chi connectivity index (χ1n) is 4.45. The number of β-amino-alcohol motifs (C(OH)–C–C–N with tert-alkyl or cyclic N) is 1. The van der Waals surface area contributed by atoms with Gasteiger partial charge >= 0.3 is 0 Å². The number of hydrogen-bond donors (Lipinski definition) is 3. The molecule has 1 saturated heterocycles. The fourth-order valence-electron chi connectivity index (χ4n) is 1.53. The van der Waals surface area contributed by atoms with Crippen LogP contribution in [0.1, 0.15) is 6.92 Å². The normalized spacial score (nSPS) is 20.8. The second-order valence-corrected chi connectivity index (χ2v) is 3.63. The Bertz CT molecular complexity index is 190. The molecule has 0 aromatic heterocycles. The third kappa shape index (κ3) is 2.95. The molecule has 0 aromatic carbocycles. The van der Waals surface area contributed by atoms with Crippen LogP contribution in [0, 0.1) is 0 Å². The topological polar surface area (TPSA) is 78.6 Å². The van der Waals surface area contributed by atoms with E-state index in [2.05, 4.69) is 10.2 Å². The van der Waals surface area contributed by atoms with Crippen molar-refractivity contribution in [3.05, 3.63) is 0 Å². The second-order valence-electron chi connectivity index (χ2n) is 3.63. The van der Waals surface area contributed by atoms with Gasteiger partial charge in [-0.05, 0) is 0 Å². The zero-order valence-corrected chi connectivity index (χ0v) is 7.92. The molecule has 0 aromatic rings. The monoisotopic (exact) mass is 187 g/mol. The van der Waals surface area contributed by atoms with Crippen LogP contribution in [-0.4, -0.2) is 54.2 Å². The van der Waals surface area contributed by atoms with Gasteiger partial charge < -0.3 is 16.2 Å². The van der Waals surface area contributed by atoms with Crippen molar-refractivity contribution in [2.24, 2.45) is 5.73 Å². The van der Waals surface area contributed by atoms with Crippen molar-refractivity contribution in [3.63, 3.8) is 0 Å². The molecule has 0 atom stereocenters. The summed E-state index contributed by atoms with van der Waals surface area (Å²) in [6, 6.07) is 0. The molecule has 0 saturated carbocycles. The lowest BCUT2D eigenvalue weighted by molar-refractivity contribution is -0.125. The molecule has 4 N–H and O–H groups in total. The van der Waals surface area contributed by atoms with E-state index < -0.39 is 5.60 Å². The predicted octanol–water partition coefficient (Wildman–Crippen LogP) is -1.87. The van der Waals surface area contributed by atoms with Gasteiger partial charge in [0.25, 0.3) is 0 Å². The smallest absolute Gasteiger partial charge is 0.216 e. The summed E-state index contributed by atoms with van der Waals surface area (Å²) in [4.78, 5) is 12.6. The van der Waals surface area contributed by atoms with E-state index >= 15 is 0 Å². The van der Waals surface area contributed by atoms with E-state index in [9.17, 15) is 9.90 Å². The van der Waals surface area contributed by atoms with Gasteiger partial charge in [0, 0.05) is 39.6 Å². The molecule has 0 radical (unpaired) electrons. The molecule has 5 heteroatoms. The van der Waals surface area contributed by atoms with E-state index in [1.165, 1.54) is 6.92 Å². The zero-order valence-electron chi connectivity index (χ0n) is 7.92. The summed E-state index contributed by atoms with van der Waals surface area (Å²) in [6.45, 7) is 4.40. The number of hydrogen-bond acceptors (Lipinski definition) is 4. The fraction of sp³-hybridized carbons (Fsp3) is 0.875. The van der Waals surface area contributed by atoms with Crippen molar-refractivity contribution in [2.75, 3.05) is 32.7 Å². The van der Waals surface area contributed by atoms with Crippen LogP contribution in [0.3, 0.4) is 0 Å². The van der Waals surface area contributed by atoms with Gasteiger partial charge in [0.1, 0.15) is 5.60 Å². The molecule has 0 aliphatic carbocycles. The van der Waals surface area contributed by atoms with Crippen molar-refractivity contribution < 1.29 is 9.90 Å². The lowest BCUT2D eigenvalue weighted by Crippen LogP contribution is -2.66. The first kappa shape index (κ1) is 10.4. The lowest BCUT2D eigenvalue weighted by atomic mass is 9.94. The van der Waals surface area contributed by atoms with Gasteiger partial charge in [-0.3, -0.25) is 9.69 Å². The number of rotatable bonds is 4. The molecule has 13 heavy (non-hydrogen) atoms. The lowest BCUT2D eigenvalue weighted by Gasteiger charge is -2.46. The number of nitrogens with one attached hydrogen (secondary N) is 1. The van der Waals surface area contributed by atoms with Gasteiger partial charge in [-0.1, -0.05) is 0 Å². The number of nitrogens with zero attached hydrogens (tertiary/aromatic N) is 1. The maximum Gasteiger partial charge on any atom is 0.216 e. The first-order chi connectivity index (χ1) is 6.06. The second kappa shape index (κ2) is 4.04. The molecule has 1 aliphatic rings. The van der Waals surface area contributed by atoms with Crippen molar-refractivity contribution in [3.8, 4) is 0 Å². The zero-order chi connectivity index (χ0) is 9.90. The van der Waals surface area contributed by atoms with Crippen LogP contribution < -0.4 is 11.1 Å². The fourth-order valence-corrected chi connectivity index (χ4v) is 1.53. The molecule has 1 amide bonds. The van der Waals surface area contributed by atoms with E-state index in [0.29, 0.717) is 26.2 Å². The van der Waals surface area contributed by atoms with Gasteiger partial charge in [-0.2, -0.15) is 0 Å². The summed E-state index contributed by atoms with van der Waals surface area (Å²) < 4.78 is 0. The third-order valence-corrected chi connectivity index (χ3v) is 2.15. The summed E-state index contributed by atoms with van der Waals surface area (Å²) in [5.41, 5.74) is 4.62. The number of nitrogens with two attached hydrogens (primary N) is 1. The minimum absolute atomic E-state index is 0.106. The van der Waals surface area contributed by atoms with Crippen LogP contribution >= 0.6 is 0 Å². The Morgan fingerprint density at radius 2 is 2.31 bits per heavy atom. The van der Waals surface area contributed by atoms with Crippen LogP contribution in [0.5, 0.6) is 0 Å². The Morgan fingerprint density at radius 3 is 2.77 bits per heavy atom. The molecule has 0 bridgehead atoms. The molecule has 1 rings (SSSR count). The Balaban J connectivity index is 2.18. The quantitative estimate of drug-likeness (QED) is 0.482. The van der Waals surface area contributed by atoms with Crippen LogP contribution in [0.15, 0.2) is 0 Å². The Kier molecular flexibility index (Phi) is 3.24. The number of carbonyl (C=O) groups is 1. The molecule has 0 unspecified atom stereocenters. The van der Waals surface area contributed by atoms with Crippen molar-refractivity contribution in [1.82, 2.24) is 10.2 Å². The van der Waals surface area contributed by atoms with Gasteiger partial charge in [-0.25, -0.2) is 0 Å². The number of carbonyl (C=O) groups excluding carboxylic acids is 1. The SMILES string of the molecule is CC(=O)NCC1(O)CN(CCN)C1. The molecule has 1 aliphatic heterocycles. The molecule has 0 spiro atoms. The van der Waals surface area contributed by atoms with Crippen molar-refractivity contribution in [1.29, 1.82) is 0 Å². The highest BCUT2D eigenvalue weighted by molar-refractivity contribution is 5.72. The number of aliphatic hydroxyl groups is 1. The third-order valence-electron chi connectivity index (χ3n) is 2.15. The molecular weight excluding hydrogens is 170 g/mol. The number of amides is 1. The molecular formula is C8H17N3O2. The van der Waals surface area contributed by atoms with E-state index in [1.54, 1.807) is 0 Å². The molecule has 1 fully saturated rings. The van der Waals surface area contributed by atoms with E-state index in [0.717, 1.165) is 6.54 Å². The van der Waals surface area contributed by atoms with Crippen LogP contribution in [0.2, 0.25) is 0 Å². The largest absolute Gasteiger partial charge is 0.385 e. The maximum atomic E-state index is 10.6. The summed E-state index contributed by atoms with van der Waals surface area (Å²) in [5, 5.41) is 12.4. The molecule has 76 valence electrons. The van der Waals surface area contributed by atoms with Crippen molar-refractivity contribution >= 4 is 5.91 Å².